The molecule has 0 aliphatic rings. The van der Waals surface area contributed by atoms with Gasteiger partial charge in [0, 0.05) is 6.04 Å². The normalized spacial score (nSPS) is 12.5. The third kappa shape index (κ3) is 2.24. The second-order valence-corrected chi connectivity index (χ2v) is 3.67. The van der Waals surface area contributed by atoms with Gasteiger partial charge in [0.2, 0.25) is 0 Å². The average Bonchev–Trinajstić information content (AvgIpc) is 2.16. The molecule has 1 nitrogen and oxygen atoms in total. The lowest BCUT2D eigenvalue weighted by atomic mass is 9.94. The van der Waals surface area contributed by atoms with E-state index >= 15 is 0 Å². The van der Waals surface area contributed by atoms with Crippen LogP contribution in [0.3, 0.4) is 0 Å². The highest BCUT2D eigenvalue weighted by atomic mass is 14.9. The van der Waals surface area contributed by atoms with Gasteiger partial charge < -0.3 is 5.32 Å². The first kappa shape index (κ1) is 11.0. The highest BCUT2D eigenvalue weighted by Crippen LogP contribution is 2.24. The monoisotopic (exact) mass is 189 g/mol. The van der Waals surface area contributed by atoms with Crippen molar-refractivity contribution in [2.24, 2.45) is 0 Å². The molecule has 1 rings (SSSR count). The summed E-state index contributed by atoms with van der Waals surface area (Å²) in [4.78, 5) is 0. The molecule has 1 aromatic carbocycles. The van der Waals surface area contributed by atoms with Crippen LogP contribution < -0.4 is 5.32 Å². The summed E-state index contributed by atoms with van der Waals surface area (Å²) in [5.74, 6) is 0. The molecule has 76 valence electrons. The molecule has 0 aliphatic heterocycles. The molecule has 0 radical (unpaired) electrons. The Kier molecular flexibility index (Phi) is 3.90. The fourth-order valence-corrected chi connectivity index (χ4v) is 1.92. The summed E-state index contributed by atoms with van der Waals surface area (Å²) in [6.45, 7) is 8.12. The Morgan fingerprint density at radius 1 is 1.36 bits per heavy atom. The molecule has 1 unspecified atom stereocenters. The van der Waals surface area contributed by atoms with E-state index in [-0.39, 0.29) is 0 Å². The van der Waals surface area contributed by atoms with Gasteiger partial charge in [0.15, 0.2) is 0 Å². The van der Waals surface area contributed by atoms with E-state index in [1.54, 1.807) is 0 Å². The van der Waals surface area contributed by atoms with Crippen LogP contribution in [-0.2, 0) is 0 Å². The van der Waals surface area contributed by atoms with Gasteiger partial charge in [-0.2, -0.15) is 0 Å². The van der Waals surface area contributed by atoms with Gasteiger partial charge in [-0.05, 0) is 44.0 Å². The van der Waals surface area contributed by atoms with Gasteiger partial charge in [-0.15, -0.1) is 6.58 Å². The molecule has 1 aromatic rings. The summed E-state index contributed by atoms with van der Waals surface area (Å²) in [6.07, 6.45) is 2.94. The third-order valence-electron chi connectivity index (χ3n) is 2.64. The minimum absolute atomic E-state index is 0.397. The van der Waals surface area contributed by atoms with Crippen molar-refractivity contribution in [3.05, 3.63) is 47.5 Å². The van der Waals surface area contributed by atoms with E-state index in [9.17, 15) is 0 Å². The molecule has 0 saturated carbocycles. The van der Waals surface area contributed by atoms with E-state index in [0.29, 0.717) is 6.04 Å². The van der Waals surface area contributed by atoms with Crippen molar-refractivity contribution >= 4 is 0 Å². The summed E-state index contributed by atoms with van der Waals surface area (Å²) in [5, 5.41) is 3.33. The second kappa shape index (κ2) is 4.97. The van der Waals surface area contributed by atoms with E-state index in [1.807, 2.05) is 13.1 Å². The lowest BCUT2D eigenvalue weighted by molar-refractivity contribution is 0.597. The van der Waals surface area contributed by atoms with Crippen LogP contribution in [0.1, 0.15) is 29.2 Å². The number of benzene rings is 1. The first-order valence-corrected chi connectivity index (χ1v) is 5.05. The van der Waals surface area contributed by atoms with Gasteiger partial charge in [-0.3, -0.25) is 0 Å². The fraction of sp³-hybridized carbons (Fsp3) is 0.385. The summed E-state index contributed by atoms with van der Waals surface area (Å²) in [6, 6.07) is 6.83. The summed E-state index contributed by atoms with van der Waals surface area (Å²) in [5.41, 5.74) is 4.12. The molecule has 1 N–H and O–H groups in total. The number of hydrogen-bond acceptors (Lipinski definition) is 1. The van der Waals surface area contributed by atoms with Crippen molar-refractivity contribution in [3.8, 4) is 0 Å². The lowest BCUT2D eigenvalue weighted by Crippen LogP contribution is -2.17. The minimum Gasteiger partial charge on any atom is -0.313 e. The number of nitrogens with one attached hydrogen (secondary N) is 1. The molecule has 0 aliphatic carbocycles. The zero-order valence-corrected chi connectivity index (χ0v) is 9.30. The fourth-order valence-electron chi connectivity index (χ4n) is 1.92. The van der Waals surface area contributed by atoms with Crippen LogP contribution in [0, 0.1) is 13.8 Å². The Bertz CT molecular complexity index is 295. The SMILES string of the molecule is C=CCC(NC)c1c(C)cccc1C. The Morgan fingerprint density at radius 2 is 1.93 bits per heavy atom. The second-order valence-electron chi connectivity index (χ2n) is 3.67. The van der Waals surface area contributed by atoms with Crippen LogP contribution in [0.25, 0.3) is 0 Å². The van der Waals surface area contributed by atoms with E-state index in [0.717, 1.165) is 6.42 Å². The van der Waals surface area contributed by atoms with E-state index < -0.39 is 0 Å². The number of aryl methyl sites for hydroxylation is 2. The molecule has 14 heavy (non-hydrogen) atoms. The van der Waals surface area contributed by atoms with Gasteiger partial charge in [0.1, 0.15) is 0 Å². The smallest absolute Gasteiger partial charge is 0.0357 e. The Labute approximate surface area is 86.8 Å². The third-order valence-corrected chi connectivity index (χ3v) is 2.64. The Balaban J connectivity index is 3.07. The molecule has 0 aromatic heterocycles. The largest absolute Gasteiger partial charge is 0.313 e. The predicted molar refractivity (Wildman–Crippen MR) is 62.5 cm³/mol. The molecule has 0 bridgehead atoms. The number of hydrogen-bond donors (Lipinski definition) is 1. The molecule has 1 atom stereocenters. The minimum atomic E-state index is 0.397. The zero-order valence-electron chi connectivity index (χ0n) is 9.30. The van der Waals surface area contributed by atoms with E-state index in [4.69, 9.17) is 0 Å². The van der Waals surface area contributed by atoms with Gasteiger partial charge in [0.05, 0.1) is 0 Å². The highest BCUT2D eigenvalue weighted by Gasteiger charge is 2.11. The van der Waals surface area contributed by atoms with Gasteiger partial charge >= 0.3 is 0 Å². The van der Waals surface area contributed by atoms with Crippen molar-refractivity contribution in [1.82, 2.24) is 5.32 Å². The van der Waals surface area contributed by atoms with Crippen molar-refractivity contribution in [3.63, 3.8) is 0 Å². The molecule has 0 amide bonds. The van der Waals surface area contributed by atoms with Gasteiger partial charge in [-0.25, -0.2) is 0 Å². The van der Waals surface area contributed by atoms with Crippen LogP contribution in [0.2, 0.25) is 0 Å². The topological polar surface area (TPSA) is 12.0 Å². The first-order valence-electron chi connectivity index (χ1n) is 5.05. The maximum Gasteiger partial charge on any atom is 0.0357 e. The zero-order chi connectivity index (χ0) is 10.6. The Morgan fingerprint density at radius 3 is 2.36 bits per heavy atom. The van der Waals surface area contributed by atoms with Crippen molar-refractivity contribution in [2.45, 2.75) is 26.3 Å². The predicted octanol–water partition coefficient (Wildman–Crippen LogP) is 3.14. The molecule has 0 heterocycles. The molecular formula is C13H19N. The van der Waals surface area contributed by atoms with Crippen LogP contribution in [0.5, 0.6) is 0 Å². The summed E-state index contributed by atoms with van der Waals surface area (Å²) in [7, 11) is 2.00. The summed E-state index contributed by atoms with van der Waals surface area (Å²) < 4.78 is 0. The van der Waals surface area contributed by atoms with Crippen molar-refractivity contribution < 1.29 is 0 Å². The van der Waals surface area contributed by atoms with Crippen LogP contribution in [0.4, 0.5) is 0 Å². The molecule has 0 fully saturated rings. The lowest BCUT2D eigenvalue weighted by Gasteiger charge is -2.19. The van der Waals surface area contributed by atoms with Crippen molar-refractivity contribution in [1.29, 1.82) is 0 Å². The van der Waals surface area contributed by atoms with Crippen LogP contribution in [0.15, 0.2) is 30.9 Å². The maximum atomic E-state index is 3.79. The molecule has 1 heteroatoms. The van der Waals surface area contributed by atoms with Crippen LogP contribution in [-0.4, -0.2) is 7.05 Å². The maximum absolute atomic E-state index is 3.79. The van der Waals surface area contributed by atoms with E-state index in [2.05, 4.69) is 43.9 Å². The van der Waals surface area contributed by atoms with E-state index in [1.165, 1.54) is 16.7 Å². The quantitative estimate of drug-likeness (QED) is 0.717. The Hall–Kier alpha value is -1.08. The van der Waals surface area contributed by atoms with Crippen molar-refractivity contribution in [2.75, 3.05) is 7.05 Å². The standard InChI is InChI=1S/C13H19N/c1-5-7-12(14-4)13-10(2)8-6-9-11(13)3/h5-6,8-9,12,14H,1,7H2,2-4H3. The molecule has 0 spiro atoms. The summed E-state index contributed by atoms with van der Waals surface area (Å²) >= 11 is 0. The highest BCUT2D eigenvalue weighted by molar-refractivity contribution is 5.36. The number of rotatable bonds is 4. The van der Waals surface area contributed by atoms with Gasteiger partial charge in [0.25, 0.3) is 0 Å². The molecular weight excluding hydrogens is 170 g/mol. The van der Waals surface area contributed by atoms with Gasteiger partial charge in [-0.1, -0.05) is 24.3 Å². The average molecular weight is 189 g/mol. The molecule has 0 saturated heterocycles. The van der Waals surface area contributed by atoms with Crippen LogP contribution >= 0.6 is 0 Å². The first-order chi connectivity index (χ1) is 6.70.